The predicted octanol–water partition coefficient (Wildman–Crippen LogP) is 3.95. The van der Waals surface area contributed by atoms with E-state index in [4.69, 9.17) is 13.9 Å². The summed E-state index contributed by atoms with van der Waals surface area (Å²) in [4.78, 5) is 25.6. The molecule has 2 amide bonds. The van der Waals surface area contributed by atoms with Crippen LogP contribution in [0.15, 0.2) is 77.0 Å². The van der Waals surface area contributed by atoms with Crippen molar-refractivity contribution < 1.29 is 23.5 Å². The van der Waals surface area contributed by atoms with Crippen LogP contribution in [0.3, 0.4) is 0 Å². The first-order chi connectivity index (χ1) is 15.5. The van der Waals surface area contributed by atoms with E-state index >= 15 is 0 Å². The second kappa shape index (κ2) is 10.9. The number of aryl methyl sites for hydroxylation is 1. The van der Waals surface area contributed by atoms with Crippen molar-refractivity contribution in [3.8, 4) is 11.5 Å². The van der Waals surface area contributed by atoms with Crippen LogP contribution >= 0.6 is 0 Å². The quantitative estimate of drug-likeness (QED) is 0.498. The number of carbonyl (C=O) groups excluding carboxylic acids is 2. The van der Waals surface area contributed by atoms with Crippen LogP contribution in [0.25, 0.3) is 6.08 Å². The summed E-state index contributed by atoms with van der Waals surface area (Å²) in [5.74, 6) is 0.774. The van der Waals surface area contributed by atoms with E-state index in [2.05, 4.69) is 10.6 Å². The first-order valence-electron chi connectivity index (χ1n) is 10.2. The normalized spacial score (nSPS) is 12.0. The number of rotatable bonds is 9. The molecule has 0 aliphatic carbocycles. The molecule has 1 atom stereocenters. The average Bonchev–Trinajstić information content (AvgIpc) is 3.31. The minimum atomic E-state index is -0.460. The van der Waals surface area contributed by atoms with Gasteiger partial charge in [-0.15, -0.1) is 0 Å². The Kier molecular flexibility index (Phi) is 7.70. The molecule has 0 fully saturated rings. The van der Waals surface area contributed by atoms with Crippen LogP contribution < -0.4 is 20.1 Å². The molecule has 7 nitrogen and oxygen atoms in total. The van der Waals surface area contributed by atoms with E-state index in [0.717, 1.165) is 5.56 Å². The van der Waals surface area contributed by atoms with Crippen LogP contribution in [-0.4, -0.2) is 31.6 Å². The number of methoxy groups -OCH3 is 1. The molecule has 7 heteroatoms. The molecule has 0 aliphatic heterocycles. The molecule has 0 unspecified atom stereocenters. The highest BCUT2D eigenvalue weighted by Gasteiger charge is 2.18. The highest BCUT2D eigenvalue weighted by molar-refractivity contribution is 6.05. The lowest BCUT2D eigenvalue weighted by Gasteiger charge is -2.18. The van der Waals surface area contributed by atoms with Gasteiger partial charge in [0, 0.05) is 11.6 Å². The molecule has 0 radical (unpaired) electrons. The Bertz CT molecular complexity index is 1070. The molecule has 0 saturated heterocycles. The number of amides is 2. The molecule has 32 heavy (non-hydrogen) atoms. The number of para-hydroxylation sites is 2. The Balaban J connectivity index is 1.68. The number of hydrogen-bond acceptors (Lipinski definition) is 5. The van der Waals surface area contributed by atoms with Gasteiger partial charge in [-0.2, -0.15) is 0 Å². The number of nitrogens with one attached hydrogen (secondary N) is 2. The van der Waals surface area contributed by atoms with Crippen molar-refractivity contribution in [2.45, 2.75) is 19.9 Å². The Morgan fingerprint density at radius 1 is 1.03 bits per heavy atom. The summed E-state index contributed by atoms with van der Waals surface area (Å²) >= 11 is 0. The highest BCUT2D eigenvalue weighted by atomic mass is 16.5. The fourth-order valence-corrected chi connectivity index (χ4v) is 2.87. The summed E-state index contributed by atoms with van der Waals surface area (Å²) in [6, 6.07) is 17.4. The molecule has 1 heterocycles. The van der Waals surface area contributed by atoms with E-state index in [-0.39, 0.29) is 18.3 Å². The van der Waals surface area contributed by atoms with Gasteiger partial charge in [0.25, 0.3) is 11.8 Å². The maximum Gasteiger partial charge on any atom is 0.268 e. The first kappa shape index (κ1) is 22.7. The van der Waals surface area contributed by atoms with E-state index in [1.807, 2.05) is 31.2 Å². The maximum atomic E-state index is 12.9. The van der Waals surface area contributed by atoms with Crippen LogP contribution in [0, 0.1) is 6.92 Å². The molecular weight excluding hydrogens is 408 g/mol. The molecule has 2 aromatic carbocycles. The summed E-state index contributed by atoms with van der Waals surface area (Å²) in [6.07, 6.45) is 2.97. The average molecular weight is 434 g/mol. The second-order valence-corrected chi connectivity index (χ2v) is 7.23. The standard InChI is InChI=1S/C25H26N2O5/c1-17-10-12-19(13-11-17)24(28)27-21(15-20-7-6-14-31-20)25(29)26-18(2)16-32-23-9-5-4-8-22(23)30-3/h4-15,18H,16H2,1-3H3,(H,26,29)(H,27,28)/b21-15-/t18-/m0/s1. The van der Waals surface area contributed by atoms with Crippen LogP contribution in [0.5, 0.6) is 11.5 Å². The zero-order valence-corrected chi connectivity index (χ0v) is 18.3. The zero-order chi connectivity index (χ0) is 22.9. The van der Waals surface area contributed by atoms with Gasteiger partial charge in [-0.3, -0.25) is 9.59 Å². The third-order valence-corrected chi connectivity index (χ3v) is 4.57. The van der Waals surface area contributed by atoms with Crippen LogP contribution in [0.2, 0.25) is 0 Å². The summed E-state index contributed by atoms with van der Waals surface area (Å²) < 4.78 is 16.3. The molecule has 0 bridgehead atoms. The van der Waals surface area contributed by atoms with E-state index in [9.17, 15) is 9.59 Å². The minimum Gasteiger partial charge on any atom is -0.493 e. The van der Waals surface area contributed by atoms with Crippen molar-refractivity contribution >= 4 is 17.9 Å². The van der Waals surface area contributed by atoms with Gasteiger partial charge in [0.2, 0.25) is 0 Å². The van der Waals surface area contributed by atoms with E-state index in [1.165, 1.54) is 12.3 Å². The van der Waals surface area contributed by atoms with Crippen molar-refractivity contribution in [3.05, 3.63) is 89.5 Å². The van der Waals surface area contributed by atoms with Crippen molar-refractivity contribution in [1.29, 1.82) is 0 Å². The van der Waals surface area contributed by atoms with Gasteiger partial charge in [0.05, 0.1) is 19.4 Å². The fourth-order valence-electron chi connectivity index (χ4n) is 2.87. The minimum absolute atomic E-state index is 0.0645. The number of carbonyl (C=O) groups is 2. The fraction of sp³-hybridized carbons (Fsp3) is 0.200. The molecule has 0 aliphatic rings. The zero-order valence-electron chi connectivity index (χ0n) is 18.3. The van der Waals surface area contributed by atoms with Gasteiger partial charge >= 0.3 is 0 Å². The largest absolute Gasteiger partial charge is 0.493 e. The first-order valence-corrected chi connectivity index (χ1v) is 10.2. The lowest BCUT2D eigenvalue weighted by molar-refractivity contribution is -0.118. The Morgan fingerprint density at radius 2 is 1.75 bits per heavy atom. The SMILES string of the molecule is COc1ccccc1OC[C@H](C)NC(=O)/C(=C/c1ccco1)NC(=O)c1ccc(C)cc1. The molecular formula is C25H26N2O5. The summed E-state index contributed by atoms with van der Waals surface area (Å²) in [6.45, 7) is 3.96. The van der Waals surface area contributed by atoms with Gasteiger partial charge in [-0.05, 0) is 50.2 Å². The second-order valence-electron chi connectivity index (χ2n) is 7.23. The van der Waals surface area contributed by atoms with Gasteiger partial charge < -0.3 is 24.5 Å². The number of benzene rings is 2. The summed E-state index contributed by atoms with van der Waals surface area (Å²) in [5, 5.41) is 5.51. The van der Waals surface area contributed by atoms with Gasteiger partial charge in [-0.1, -0.05) is 29.8 Å². The van der Waals surface area contributed by atoms with Gasteiger partial charge in [-0.25, -0.2) is 0 Å². The third-order valence-electron chi connectivity index (χ3n) is 4.57. The number of hydrogen-bond donors (Lipinski definition) is 2. The number of furan rings is 1. The monoisotopic (exact) mass is 434 g/mol. The lowest BCUT2D eigenvalue weighted by atomic mass is 10.1. The van der Waals surface area contributed by atoms with Crippen LogP contribution in [0.1, 0.15) is 28.6 Å². The Labute approximate surface area is 187 Å². The van der Waals surface area contributed by atoms with E-state index in [1.54, 1.807) is 50.4 Å². The predicted molar refractivity (Wildman–Crippen MR) is 121 cm³/mol. The van der Waals surface area contributed by atoms with Gasteiger partial charge in [0.1, 0.15) is 18.1 Å². The third kappa shape index (κ3) is 6.25. The smallest absolute Gasteiger partial charge is 0.268 e. The lowest BCUT2D eigenvalue weighted by Crippen LogP contribution is -2.41. The van der Waals surface area contributed by atoms with Gasteiger partial charge in [0.15, 0.2) is 11.5 Å². The van der Waals surface area contributed by atoms with Crippen molar-refractivity contribution in [2.75, 3.05) is 13.7 Å². The molecule has 0 saturated carbocycles. The van der Waals surface area contributed by atoms with Crippen LogP contribution in [0.4, 0.5) is 0 Å². The molecule has 1 aromatic heterocycles. The summed E-state index contributed by atoms with van der Waals surface area (Å²) in [7, 11) is 1.57. The molecule has 3 rings (SSSR count). The van der Waals surface area contributed by atoms with Crippen molar-refractivity contribution in [3.63, 3.8) is 0 Å². The summed E-state index contributed by atoms with van der Waals surface area (Å²) in [5.41, 5.74) is 1.55. The van der Waals surface area contributed by atoms with Crippen molar-refractivity contribution in [1.82, 2.24) is 10.6 Å². The molecule has 3 aromatic rings. The molecule has 166 valence electrons. The Hall–Kier alpha value is -4.00. The number of ether oxygens (including phenoxy) is 2. The van der Waals surface area contributed by atoms with E-state index < -0.39 is 11.8 Å². The van der Waals surface area contributed by atoms with Crippen LogP contribution in [-0.2, 0) is 4.79 Å². The highest BCUT2D eigenvalue weighted by Crippen LogP contribution is 2.25. The van der Waals surface area contributed by atoms with E-state index in [0.29, 0.717) is 22.8 Å². The molecule has 2 N–H and O–H groups in total. The molecule has 0 spiro atoms. The van der Waals surface area contributed by atoms with Crippen molar-refractivity contribution in [2.24, 2.45) is 0 Å². The Morgan fingerprint density at radius 3 is 2.41 bits per heavy atom. The topological polar surface area (TPSA) is 89.8 Å². The maximum absolute atomic E-state index is 12.9.